The van der Waals surface area contributed by atoms with Crippen LogP contribution in [0.4, 0.5) is 0 Å². The van der Waals surface area contributed by atoms with E-state index in [-0.39, 0.29) is 11.9 Å². The van der Waals surface area contributed by atoms with Gasteiger partial charge in [-0.15, -0.1) is 0 Å². The molecule has 0 atom stereocenters. The van der Waals surface area contributed by atoms with E-state index in [0.717, 1.165) is 36.8 Å². The lowest BCUT2D eigenvalue weighted by Gasteiger charge is -2.36. The van der Waals surface area contributed by atoms with Crippen molar-refractivity contribution in [1.82, 2.24) is 4.90 Å². The normalized spacial score (nSPS) is 21.1. The zero-order chi connectivity index (χ0) is 16.9. The summed E-state index contributed by atoms with van der Waals surface area (Å²) in [6.45, 7) is 1.37. The molecule has 3 rings (SSSR count). The Labute approximate surface area is 143 Å². The number of phenols is 2. The minimum Gasteiger partial charge on any atom is -0.508 e. The highest BCUT2D eigenvalue weighted by atomic mass is 16.3. The molecule has 0 bridgehead atoms. The van der Waals surface area contributed by atoms with Crippen molar-refractivity contribution in [3.63, 3.8) is 0 Å². The molecule has 0 radical (unpaired) electrons. The average Bonchev–Trinajstić information content (AvgIpc) is 2.57. The molecule has 2 aromatic carbocycles. The van der Waals surface area contributed by atoms with Crippen LogP contribution in [0, 0.1) is 0 Å². The number of para-hydroxylation sites is 1. The van der Waals surface area contributed by atoms with Crippen LogP contribution < -0.4 is 0 Å². The summed E-state index contributed by atoms with van der Waals surface area (Å²) in [5, 5.41) is 29.6. The molecular formula is C20H25NO3. The highest BCUT2D eigenvalue weighted by molar-refractivity contribution is 5.32. The Morgan fingerprint density at radius 2 is 1.62 bits per heavy atom. The Kier molecular flexibility index (Phi) is 5.38. The lowest BCUT2D eigenvalue weighted by molar-refractivity contribution is 0.0662. The molecule has 0 amide bonds. The van der Waals surface area contributed by atoms with Gasteiger partial charge in [0.15, 0.2) is 0 Å². The summed E-state index contributed by atoms with van der Waals surface area (Å²) in [5.74, 6) is 0.586. The highest BCUT2D eigenvalue weighted by Crippen LogP contribution is 2.28. The predicted octanol–water partition coefficient (Wildman–Crippen LogP) is 3.40. The van der Waals surface area contributed by atoms with E-state index in [1.165, 1.54) is 0 Å². The molecule has 3 N–H and O–H groups in total. The van der Waals surface area contributed by atoms with Crippen molar-refractivity contribution in [2.24, 2.45) is 0 Å². The lowest BCUT2D eigenvalue weighted by atomic mass is 9.91. The number of hydrogen-bond acceptors (Lipinski definition) is 4. The summed E-state index contributed by atoms with van der Waals surface area (Å²) in [5.41, 5.74) is 1.96. The van der Waals surface area contributed by atoms with E-state index in [1.54, 1.807) is 18.2 Å². The van der Waals surface area contributed by atoms with Crippen molar-refractivity contribution in [3.8, 4) is 11.5 Å². The fourth-order valence-corrected chi connectivity index (χ4v) is 3.49. The number of aliphatic hydroxyl groups excluding tert-OH is 1. The van der Waals surface area contributed by atoms with Crippen LogP contribution in [0.25, 0.3) is 0 Å². The fourth-order valence-electron chi connectivity index (χ4n) is 3.49. The first-order valence-electron chi connectivity index (χ1n) is 8.58. The summed E-state index contributed by atoms with van der Waals surface area (Å²) in [6.07, 6.45) is 3.36. The number of hydrogen-bond donors (Lipinski definition) is 3. The van der Waals surface area contributed by atoms with E-state index in [2.05, 4.69) is 4.90 Å². The summed E-state index contributed by atoms with van der Waals surface area (Å²) >= 11 is 0. The molecule has 0 spiro atoms. The molecule has 1 aliphatic carbocycles. The van der Waals surface area contributed by atoms with Gasteiger partial charge in [0, 0.05) is 24.7 Å². The first-order chi connectivity index (χ1) is 11.6. The van der Waals surface area contributed by atoms with Gasteiger partial charge in [-0.05, 0) is 49.4 Å². The van der Waals surface area contributed by atoms with Crippen LogP contribution >= 0.6 is 0 Å². The fraction of sp³-hybridized carbons (Fsp3) is 0.400. The van der Waals surface area contributed by atoms with Gasteiger partial charge < -0.3 is 15.3 Å². The molecule has 4 nitrogen and oxygen atoms in total. The zero-order valence-corrected chi connectivity index (χ0v) is 13.8. The number of aromatic hydroxyl groups is 2. The molecule has 4 heteroatoms. The standard InChI is InChI=1S/C20H25NO3/c22-18-10-8-17(9-11-18)21(13-15-4-3-6-19(23)12-15)14-16-5-1-2-7-20(16)24/h1-7,12,17-18,22-24H,8-11,13-14H2. The van der Waals surface area contributed by atoms with Crippen molar-refractivity contribution in [2.75, 3.05) is 0 Å². The second-order valence-corrected chi connectivity index (χ2v) is 6.67. The minimum atomic E-state index is -0.186. The topological polar surface area (TPSA) is 63.9 Å². The van der Waals surface area contributed by atoms with Crippen LogP contribution in [0.1, 0.15) is 36.8 Å². The maximum atomic E-state index is 10.1. The molecular weight excluding hydrogens is 302 g/mol. The molecule has 1 saturated carbocycles. The smallest absolute Gasteiger partial charge is 0.120 e. The number of phenolic OH excluding ortho intramolecular Hbond substituents is 2. The second-order valence-electron chi connectivity index (χ2n) is 6.67. The minimum absolute atomic E-state index is 0.186. The van der Waals surface area contributed by atoms with Gasteiger partial charge in [0.2, 0.25) is 0 Å². The van der Waals surface area contributed by atoms with Crippen LogP contribution in [0.15, 0.2) is 48.5 Å². The van der Waals surface area contributed by atoms with Crippen LogP contribution in [0.5, 0.6) is 11.5 Å². The van der Waals surface area contributed by atoms with Gasteiger partial charge in [0.1, 0.15) is 11.5 Å². The van der Waals surface area contributed by atoms with Crippen LogP contribution in [0.2, 0.25) is 0 Å². The third-order valence-corrected chi connectivity index (χ3v) is 4.84. The molecule has 0 saturated heterocycles. The maximum Gasteiger partial charge on any atom is 0.120 e. The van der Waals surface area contributed by atoms with Crippen molar-refractivity contribution in [2.45, 2.75) is 50.9 Å². The molecule has 0 aromatic heterocycles. The Morgan fingerprint density at radius 1 is 0.875 bits per heavy atom. The quantitative estimate of drug-likeness (QED) is 0.787. The number of rotatable bonds is 5. The second kappa shape index (κ2) is 7.69. The van der Waals surface area contributed by atoms with Gasteiger partial charge in [0.25, 0.3) is 0 Å². The summed E-state index contributed by atoms with van der Waals surface area (Å²) in [6, 6.07) is 15.1. The first-order valence-corrected chi connectivity index (χ1v) is 8.58. The molecule has 0 aliphatic heterocycles. The molecule has 128 valence electrons. The molecule has 2 aromatic rings. The van der Waals surface area contributed by atoms with Gasteiger partial charge in [-0.25, -0.2) is 0 Å². The Morgan fingerprint density at radius 3 is 2.33 bits per heavy atom. The lowest BCUT2D eigenvalue weighted by Crippen LogP contribution is -2.38. The zero-order valence-electron chi connectivity index (χ0n) is 13.8. The Hall–Kier alpha value is -2.04. The van der Waals surface area contributed by atoms with E-state index in [0.29, 0.717) is 24.9 Å². The third-order valence-electron chi connectivity index (χ3n) is 4.84. The van der Waals surface area contributed by atoms with Crippen molar-refractivity contribution in [3.05, 3.63) is 59.7 Å². The predicted molar refractivity (Wildman–Crippen MR) is 93.7 cm³/mol. The highest BCUT2D eigenvalue weighted by Gasteiger charge is 2.25. The van der Waals surface area contributed by atoms with E-state index in [9.17, 15) is 15.3 Å². The average molecular weight is 327 g/mol. The molecule has 0 heterocycles. The van der Waals surface area contributed by atoms with Crippen LogP contribution in [0.3, 0.4) is 0 Å². The Balaban J connectivity index is 1.79. The van der Waals surface area contributed by atoms with E-state index in [1.807, 2.05) is 30.3 Å². The maximum absolute atomic E-state index is 10.1. The Bertz CT molecular complexity index is 665. The van der Waals surface area contributed by atoms with Crippen molar-refractivity contribution >= 4 is 0 Å². The monoisotopic (exact) mass is 327 g/mol. The molecule has 1 aliphatic rings. The van der Waals surface area contributed by atoms with Gasteiger partial charge >= 0.3 is 0 Å². The first kappa shape index (κ1) is 16.8. The van der Waals surface area contributed by atoms with Crippen LogP contribution in [-0.4, -0.2) is 32.4 Å². The summed E-state index contributed by atoms with van der Waals surface area (Å²) < 4.78 is 0. The van der Waals surface area contributed by atoms with E-state index in [4.69, 9.17) is 0 Å². The summed E-state index contributed by atoms with van der Waals surface area (Å²) in [7, 11) is 0. The van der Waals surface area contributed by atoms with E-state index < -0.39 is 0 Å². The van der Waals surface area contributed by atoms with Crippen molar-refractivity contribution in [1.29, 1.82) is 0 Å². The van der Waals surface area contributed by atoms with Gasteiger partial charge in [-0.3, -0.25) is 4.90 Å². The summed E-state index contributed by atoms with van der Waals surface area (Å²) in [4.78, 5) is 2.34. The van der Waals surface area contributed by atoms with Gasteiger partial charge in [-0.2, -0.15) is 0 Å². The number of aliphatic hydroxyl groups is 1. The number of benzene rings is 2. The molecule has 24 heavy (non-hydrogen) atoms. The third kappa shape index (κ3) is 4.28. The van der Waals surface area contributed by atoms with Crippen molar-refractivity contribution < 1.29 is 15.3 Å². The SMILES string of the molecule is Oc1cccc(CN(Cc2ccccc2O)C2CCC(O)CC2)c1. The largest absolute Gasteiger partial charge is 0.508 e. The van der Waals surface area contributed by atoms with E-state index >= 15 is 0 Å². The van der Waals surface area contributed by atoms with Crippen LogP contribution in [-0.2, 0) is 13.1 Å². The number of nitrogens with zero attached hydrogens (tertiary/aromatic N) is 1. The van der Waals surface area contributed by atoms with Gasteiger partial charge in [0.05, 0.1) is 6.10 Å². The molecule has 1 fully saturated rings. The van der Waals surface area contributed by atoms with Gasteiger partial charge in [-0.1, -0.05) is 30.3 Å². The molecule has 0 unspecified atom stereocenters.